The van der Waals surface area contributed by atoms with E-state index in [1.54, 1.807) is 12.1 Å². The van der Waals surface area contributed by atoms with E-state index in [0.717, 1.165) is 25.9 Å². The van der Waals surface area contributed by atoms with Crippen molar-refractivity contribution in [3.8, 4) is 0 Å². The van der Waals surface area contributed by atoms with Crippen molar-refractivity contribution in [1.82, 2.24) is 0 Å². The van der Waals surface area contributed by atoms with Crippen molar-refractivity contribution in [1.29, 1.82) is 0 Å². The first-order valence-corrected chi connectivity index (χ1v) is 9.10. The molecule has 2 N–H and O–H groups in total. The van der Waals surface area contributed by atoms with E-state index in [4.69, 9.17) is 4.74 Å². The van der Waals surface area contributed by atoms with Crippen molar-refractivity contribution in [2.24, 2.45) is 0 Å². The second-order valence-electron chi connectivity index (χ2n) is 6.77. The van der Waals surface area contributed by atoms with Crippen LogP contribution in [-0.2, 0) is 11.3 Å². The fraction of sp³-hybridized carbons (Fsp3) is 0.300. The van der Waals surface area contributed by atoms with Crippen LogP contribution in [0.5, 0.6) is 0 Å². The summed E-state index contributed by atoms with van der Waals surface area (Å²) in [5.41, 5.74) is 1.35. The molecule has 0 saturated carbocycles. The van der Waals surface area contributed by atoms with Gasteiger partial charge in [-0.3, -0.25) is 14.9 Å². The van der Waals surface area contributed by atoms with E-state index < -0.39 is 16.8 Å². The molecular weight excluding hydrogens is 378 g/mol. The molecule has 0 unspecified atom stereocenters. The zero-order valence-corrected chi connectivity index (χ0v) is 15.9. The number of carbonyl (C=O) groups is 2. The summed E-state index contributed by atoms with van der Waals surface area (Å²) in [4.78, 5) is 36.9. The molecule has 0 atom stereocenters. The number of amides is 1. The standard InChI is InChI=1S/C20H21N3O6/c1-29-12-13-8-15(20(25)26)10-16(9-13)21-19(24)14-4-5-17(18(11-14)23(27)28)22-6-2-3-7-22/h4-5,8-11H,2-3,6-7,12H2,1H3,(H,21,24)(H,25,26). The summed E-state index contributed by atoms with van der Waals surface area (Å²) in [6, 6.07) is 8.75. The Balaban J connectivity index is 1.88. The normalized spacial score (nSPS) is 13.3. The average molecular weight is 399 g/mol. The van der Waals surface area contributed by atoms with Gasteiger partial charge in [0.2, 0.25) is 0 Å². The number of nitrogens with one attached hydrogen (secondary N) is 1. The number of nitro benzene ring substituents is 1. The zero-order chi connectivity index (χ0) is 21.0. The largest absolute Gasteiger partial charge is 0.478 e. The molecule has 29 heavy (non-hydrogen) atoms. The maximum atomic E-state index is 12.6. The summed E-state index contributed by atoms with van der Waals surface area (Å²) in [6.45, 7) is 1.67. The molecule has 0 aromatic heterocycles. The number of nitrogens with zero attached hydrogens (tertiary/aromatic N) is 2. The van der Waals surface area contributed by atoms with E-state index in [1.807, 2.05) is 4.90 Å². The minimum absolute atomic E-state index is 0.00483. The molecule has 0 aliphatic carbocycles. The molecule has 1 heterocycles. The lowest BCUT2D eigenvalue weighted by Gasteiger charge is -2.18. The van der Waals surface area contributed by atoms with Gasteiger partial charge in [-0.1, -0.05) is 0 Å². The van der Waals surface area contributed by atoms with Crippen molar-refractivity contribution in [3.63, 3.8) is 0 Å². The van der Waals surface area contributed by atoms with Crippen molar-refractivity contribution in [2.75, 3.05) is 30.4 Å². The summed E-state index contributed by atoms with van der Waals surface area (Å²) in [6.07, 6.45) is 1.95. The number of aromatic carboxylic acids is 1. The Morgan fingerprint density at radius 1 is 1.17 bits per heavy atom. The monoisotopic (exact) mass is 399 g/mol. The predicted molar refractivity (Wildman–Crippen MR) is 107 cm³/mol. The molecular formula is C20H21N3O6. The van der Waals surface area contributed by atoms with Crippen LogP contribution in [0.3, 0.4) is 0 Å². The summed E-state index contributed by atoms with van der Waals surface area (Å²) in [5, 5.41) is 23.4. The Bertz CT molecular complexity index is 953. The molecule has 9 nitrogen and oxygen atoms in total. The van der Waals surface area contributed by atoms with Crippen molar-refractivity contribution in [2.45, 2.75) is 19.4 Å². The fourth-order valence-electron chi connectivity index (χ4n) is 3.38. The van der Waals surface area contributed by atoms with Gasteiger partial charge in [-0.25, -0.2) is 4.79 Å². The van der Waals surface area contributed by atoms with Gasteiger partial charge in [-0.15, -0.1) is 0 Å². The van der Waals surface area contributed by atoms with Gasteiger partial charge < -0.3 is 20.1 Å². The maximum Gasteiger partial charge on any atom is 0.335 e. The van der Waals surface area contributed by atoms with E-state index in [2.05, 4.69) is 5.32 Å². The number of ether oxygens (including phenoxy) is 1. The van der Waals surface area contributed by atoms with Gasteiger partial charge in [-0.2, -0.15) is 0 Å². The van der Waals surface area contributed by atoms with Crippen LogP contribution in [0.25, 0.3) is 0 Å². The average Bonchev–Trinajstić information content (AvgIpc) is 3.22. The second-order valence-corrected chi connectivity index (χ2v) is 6.77. The molecule has 1 amide bonds. The SMILES string of the molecule is COCc1cc(NC(=O)c2ccc(N3CCCC3)c([N+](=O)[O-])c2)cc(C(=O)O)c1. The van der Waals surface area contributed by atoms with Crippen LogP contribution in [0.2, 0.25) is 0 Å². The summed E-state index contributed by atoms with van der Waals surface area (Å²) >= 11 is 0. The lowest BCUT2D eigenvalue weighted by Crippen LogP contribution is -2.20. The minimum atomic E-state index is -1.14. The fourth-order valence-corrected chi connectivity index (χ4v) is 3.38. The van der Waals surface area contributed by atoms with Crippen LogP contribution < -0.4 is 10.2 Å². The van der Waals surface area contributed by atoms with Crippen LogP contribution in [-0.4, -0.2) is 42.1 Å². The van der Waals surface area contributed by atoms with Gasteiger partial charge in [0.15, 0.2) is 0 Å². The lowest BCUT2D eigenvalue weighted by atomic mass is 10.1. The Morgan fingerprint density at radius 3 is 2.52 bits per heavy atom. The van der Waals surface area contributed by atoms with Gasteiger partial charge in [-0.05, 0) is 48.7 Å². The minimum Gasteiger partial charge on any atom is -0.478 e. The molecule has 2 aromatic carbocycles. The number of hydrogen-bond acceptors (Lipinski definition) is 6. The van der Waals surface area contributed by atoms with Gasteiger partial charge in [0.05, 0.1) is 17.1 Å². The third-order valence-electron chi connectivity index (χ3n) is 4.69. The number of carboxylic acids is 1. The quantitative estimate of drug-likeness (QED) is 0.541. The van der Waals surface area contributed by atoms with Crippen molar-refractivity contribution >= 4 is 28.9 Å². The van der Waals surface area contributed by atoms with Crippen LogP contribution in [0.1, 0.15) is 39.1 Å². The highest BCUT2D eigenvalue weighted by atomic mass is 16.6. The van der Waals surface area contributed by atoms with E-state index in [1.165, 1.54) is 31.4 Å². The Labute approximate surface area is 167 Å². The highest BCUT2D eigenvalue weighted by Gasteiger charge is 2.24. The van der Waals surface area contributed by atoms with Gasteiger partial charge in [0.1, 0.15) is 5.69 Å². The summed E-state index contributed by atoms with van der Waals surface area (Å²) in [5.74, 6) is -1.70. The first kappa shape index (κ1) is 20.3. The topological polar surface area (TPSA) is 122 Å². The Hall–Kier alpha value is -3.46. The molecule has 2 aromatic rings. The Kier molecular flexibility index (Phi) is 6.08. The molecule has 0 bridgehead atoms. The van der Waals surface area contributed by atoms with Crippen molar-refractivity contribution < 1.29 is 24.4 Å². The number of methoxy groups -OCH3 is 1. The van der Waals surface area contributed by atoms with E-state index in [9.17, 15) is 24.8 Å². The van der Waals surface area contributed by atoms with Crippen LogP contribution >= 0.6 is 0 Å². The van der Waals surface area contributed by atoms with E-state index in [0.29, 0.717) is 11.3 Å². The first-order valence-electron chi connectivity index (χ1n) is 9.10. The van der Waals surface area contributed by atoms with E-state index >= 15 is 0 Å². The summed E-state index contributed by atoms with van der Waals surface area (Å²) in [7, 11) is 1.48. The number of carboxylic acid groups (broad SMARTS) is 1. The number of benzene rings is 2. The summed E-state index contributed by atoms with van der Waals surface area (Å²) < 4.78 is 5.03. The predicted octanol–water partition coefficient (Wildman–Crippen LogP) is 3.29. The number of carbonyl (C=O) groups excluding carboxylic acids is 1. The smallest absolute Gasteiger partial charge is 0.335 e. The van der Waals surface area contributed by atoms with Gasteiger partial charge >= 0.3 is 5.97 Å². The lowest BCUT2D eigenvalue weighted by molar-refractivity contribution is -0.384. The number of rotatable bonds is 7. The van der Waals surface area contributed by atoms with Gasteiger partial charge in [0.25, 0.3) is 11.6 Å². The third kappa shape index (κ3) is 4.69. The number of nitro groups is 1. The molecule has 1 aliphatic rings. The molecule has 0 spiro atoms. The van der Waals surface area contributed by atoms with Gasteiger partial charge in [0, 0.05) is 37.5 Å². The van der Waals surface area contributed by atoms with E-state index in [-0.39, 0.29) is 29.1 Å². The Morgan fingerprint density at radius 2 is 1.90 bits per heavy atom. The highest BCUT2D eigenvalue weighted by molar-refractivity contribution is 6.05. The van der Waals surface area contributed by atoms with Crippen LogP contribution in [0.15, 0.2) is 36.4 Å². The van der Waals surface area contributed by atoms with Crippen LogP contribution in [0, 0.1) is 10.1 Å². The maximum absolute atomic E-state index is 12.6. The molecule has 3 rings (SSSR count). The molecule has 1 fully saturated rings. The first-order chi connectivity index (χ1) is 13.9. The molecule has 1 saturated heterocycles. The highest BCUT2D eigenvalue weighted by Crippen LogP contribution is 2.32. The molecule has 1 aliphatic heterocycles. The van der Waals surface area contributed by atoms with Crippen LogP contribution in [0.4, 0.5) is 17.1 Å². The van der Waals surface area contributed by atoms with Crippen molar-refractivity contribution in [3.05, 3.63) is 63.2 Å². The second kappa shape index (κ2) is 8.70. The molecule has 0 radical (unpaired) electrons. The number of hydrogen-bond donors (Lipinski definition) is 2. The number of anilines is 2. The molecule has 152 valence electrons. The zero-order valence-electron chi connectivity index (χ0n) is 15.9. The molecule has 9 heteroatoms. The third-order valence-corrected chi connectivity index (χ3v) is 4.69.